The van der Waals surface area contributed by atoms with Crippen molar-refractivity contribution in [1.82, 2.24) is 4.90 Å². The summed E-state index contributed by atoms with van der Waals surface area (Å²) in [6.45, 7) is 0.0846. The van der Waals surface area contributed by atoms with E-state index in [4.69, 9.17) is 16.7 Å². The first-order chi connectivity index (χ1) is 8.17. The topological polar surface area (TPSA) is 60.8 Å². The third kappa shape index (κ3) is 4.73. The molecule has 0 unspecified atom stereocenters. The minimum atomic E-state index is -0.939. The van der Waals surface area contributed by atoms with Crippen LogP contribution in [-0.2, 0) is 11.3 Å². The number of hydrogen-bond acceptors (Lipinski definition) is 3. The van der Waals surface area contributed by atoms with Gasteiger partial charge in [0, 0.05) is 13.1 Å². The molecule has 0 spiro atoms. The maximum Gasteiger partial charge on any atom is 0.237 e. The van der Waals surface area contributed by atoms with Crippen molar-refractivity contribution in [1.29, 1.82) is 0 Å². The van der Waals surface area contributed by atoms with Gasteiger partial charge < -0.3 is 15.1 Å². The van der Waals surface area contributed by atoms with Crippen molar-refractivity contribution in [2.45, 2.75) is 12.6 Å². The van der Waals surface area contributed by atoms with E-state index in [2.05, 4.69) is 0 Å². The lowest BCUT2D eigenvalue weighted by atomic mass is 10.2. The van der Waals surface area contributed by atoms with Crippen LogP contribution >= 0.6 is 11.6 Å². The normalized spacial score (nSPS) is 12.2. The van der Waals surface area contributed by atoms with Gasteiger partial charge in [0.25, 0.3) is 0 Å². The fourth-order valence-corrected chi connectivity index (χ4v) is 1.62. The van der Waals surface area contributed by atoms with Crippen LogP contribution in [-0.4, -0.2) is 46.2 Å². The molecule has 0 saturated carbocycles. The number of benzene rings is 1. The highest BCUT2D eigenvalue weighted by molar-refractivity contribution is 6.27. The molecule has 0 aromatic heterocycles. The van der Waals surface area contributed by atoms with Gasteiger partial charge >= 0.3 is 0 Å². The Labute approximate surface area is 105 Å². The van der Waals surface area contributed by atoms with Crippen molar-refractivity contribution in [2.75, 3.05) is 19.0 Å². The molecule has 1 aromatic rings. The van der Waals surface area contributed by atoms with E-state index in [-0.39, 0.29) is 24.9 Å². The quantitative estimate of drug-likeness (QED) is 0.734. The summed E-state index contributed by atoms with van der Waals surface area (Å²) >= 11 is 5.50. The van der Waals surface area contributed by atoms with E-state index >= 15 is 0 Å². The summed E-state index contributed by atoms with van der Waals surface area (Å²) in [5.74, 6) is -0.395. The Kier molecular flexibility index (Phi) is 5.97. The van der Waals surface area contributed by atoms with Crippen molar-refractivity contribution >= 4 is 17.5 Å². The number of nitrogens with zero attached hydrogens (tertiary/aromatic N) is 1. The number of alkyl halides is 1. The fraction of sp³-hybridized carbons (Fsp3) is 0.417. The number of hydrogen-bond donors (Lipinski definition) is 2. The van der Waals surface area contributed by atoms with Gasteiger partial charge in [-0.2, -0.15) is 0 Å². The molecule has 0 radical (unpaired) electrons. The standard InChI is InChI=1S/C12H16ClNO3/c13-6-12(17)14(8-11(16)9-15)7-10-4-2-1-3-5-10/h1-5,11,15-16H,6-9H2/t11-/m1/s1. The van der Waals surface area contributed by atoms with Gasteiger partial charge in [-0.3, -0.25) is 4.79 Å². The zero-order valence-corrected chi connectivity index (χ0v) is 10.2. The van der Waals surface area contributed by atoms with E-state index < -0.39 is 6.10 Å². The molecule has 94 valence electrons. The number of aliphatic hydroxyl groups excluding tert-OH is 2. The smallest absolute Gasteiger partial charge is 0.237 e. The van der Waals surface area contributed by atoms with Gasteiger partial charge in [0.1, 0.15) is 5.88 Å². The van der Waals surface area contributed by atoms with Crippen LogP contribution in [0.1, 0.15) is 5.56 Å². The Balaban J connectivity index is 2.67. The highest BCUT2D eigenvalue weighted by Crippen LogP contribution is 2.06. The molecule has 0 aliphatic rings. The summed E-state index contributed by atoms with van der Waals surface area (Å²) in [5.41, 5.74) is 0.955. The Hall–Kier alpha value is -1.10. The second kappa shape index (κ2) is 7.27. The zero-order valence-electron chi connectivity index (χ0n) is 9.42. The van der Waals surface area contributed by atoms with Crippen LogP contribution in [0.3, 0.4) is 0 Å². The number of rotatable bonds is 6. The van der Waals surface area contributed by atoms with E-state index in [1.165, 1.54) is 4.90 Å². The third-order valence-electron chi connectivity index (χ3n) is 2.33. The fourth-order valence-electron chi connectivity index (χ4n) is 1.45. The van der Waals surface area contributed by atoms with Crippen LogP contribution in [0, 0.1) is 0 Å². The summed E-state index contributed by atoms with van der Waals surface area (Å²) in [6.07, 6.45) is -0.939. The molecule has 0 saturated heterocycles. The third-order valence-corrected chi connectivity index (χ3v) is 2.55. The molecule has 1 rings (SSSR count). The molecule has 17 heavy (non-hydrogen) atoms. The van der Waals surface area contributed by atoms with E-state index in [1.54, 1.807) is 0 Å². The lowest BCUT2D eigenvalue weighted by molar-refractivity contribution is -0.130. The van der Waals surface area contributed by atoms with Gasteiger partial charge in [0.15, 0.2) is 0 Å². The van der Waals surface area contributed by atoms with E-state index in [1.807, 2.05) is 30.3 Å². The van der Waals surface area contributed by atoms with Crippen molar-refractivity contribution < 1.29 is 15.0 Å². The largest absolute Gasteiger partial charge is 0.394 e. The molecule has 0 aliphatic carbocycles. The summed E-state index contributed by atoms with van der Waals surface area (Å²) in [7, 11) is 0. The number of carbonyl (C=O) groups is 1. The lowest BCUT2D eigenvalue weighted by Crippen LogP contribution is -2.39. The molecule has 0 aliphatic heterocycles. The molecule has 5 heteroatoms. The van der Waals surface area contributed by atoms with Crippen molar-refractivity contribution in [2.24, 2.45) is 0 Å². The van der Waals surface area contributed by atoms with Gasteiger partial charge in [-0.05, 0) is 5.56 Å². The molecule has 0 fully saturated rings. The van der Waals surface area contributed by atoms with E-state index in [9.17, 15) is 9.90 Å². The zero-order chi connectivity index (χ0) is 12.7. The minimum Gasteiger partial charge on any atom is -0.394 e. The number of halogens is 1. The molecule has 1 amide bonds. The molecule has 0 bridgehead atoms. The summed E-state index contributed by atoms with van der Waals surface area (Å²) in [4.78, 5) is 13.0. The van der Waals surface area contributed by atoms with Gasteiger partial charge in [-0.1, -0.05) is 30.3 Å². The monoisotopic (exact) mass is 257 g/mol. The minimum absolute atomic E-state index is 0.0803. The molecule has 1 aromatic carbocycles. The van der Waals surface area contributed by atoms with Crippen LogP contribution in [0.4, 0.5) is 0 Å². The maximum absolute atomic E-state index is 11.6. The molecule has 4 nitrogen and oxygen atoms in total. The van der Waals surface area contributed by atoms with Crippen LogP contribution in [0.2, 0.25) is 0 Å². The molecule has 1 atom stereocenters. The molecular formula is C12H16ClNO3. The van der Waals surface area contributed by atoms with E-state index in [0.29, 0.717) is 6.54 Å². The predicted octanol–water partition coefficient (Wildman–Crippen LogP) is 0.607. The number of amides is 1. The van der Waals surface area contributed by atoms with Crippen molar-refractivity contribution in [3.05, 3.63) is 35.9 Å². The van der Waals surface area contributed by atoms with Crippen LogP contribution < -0.4 is 0 Å². The average Bonchev–Trinajstić information content (AvgIpc) is 2.38. The SMILES string of the molecule is O=C(CCl)N(Cc1ccccc1)C[C@@H](O)CO. The molecule has 2 N–H and O–H groups in total. The second-order valence-corrected chi connectivity index (χ2v) is 4.00. The highest BCUT2D eigenvalue weighted by Gasteiger charge is 2.16. The Morgan fingerprint density at radius 3 is 2.53 bits per heavy atom. The molecular weight excluding hydrogens is 242 g/mol. The average molecular weight is 258 g/mol. The first kappa shape index (κ1) is 14.0. The van der Waals surface area contributed by atoms with Gasteiger partial charge in [-0.25, -0.2) is 0 Å². The maximum atomic E-state index is 11.6. The van der Waals surface area contributed by atoms with Gasteiger partial charge in [-0.15, -0.1) is 11.6 Å². The van der Waals surface area contributed by atoms with Crippen LogP contribution in [0.25, 0.3) is 0 Å². The van der Waals surface area contributed by atoms with Crippen LogP contribution in [0.5, 0.6) is 0 Å². The predicted molar refractivity (Wildman–Crippen MR) is 65.7 cm³/mol. The Bertz CT molecular complexity index is 345. The summed E-state index contributed by atoms with van der Waals surface area (Å²) < 4.78 is 0. The van der Waals surface area contributed by atoms with Gasteiger partial charge in [0.05, 0.1) is 12.7 Å². The number of carbonyl (C=O) groups excluding carboxylic acids is 1. The highest BCUT2D eigenvalue weighted by atomic mass is 35.5. The Morgan fingerprint density at radius 1 is 1.35 bits per heavy atom. The lowest BCUT2D eigenvalue weighted by Gasteiger charge is -2.24. The van der Waals surface area contributed by atoms with Crippen molar-refractivity contribution in [3.8, 4) is 0 Å². The first-order valence-corrected chi connectivity index (χ1v) is 5.87. The van der Waals surface area contributed by atoms with Crippen molar-refractivity contribution in [3.63, 3.8) is 0 Å². The van der Waals surface area contributed by atoms with Crippen LogP contribution in [0.15, 0.2) is 30.3 Å². The second-order valence-electron chi connectivity index (χ2n) is 3.73. The number of aliphatic hydroxyl groups is 2. The molecule has 0 heterocycles. The summed E-state index contributed by atoms with van der Waals surface area (Å²) in [5, 5.41) is 18.1. The van der Waals surface area contributed by atoms with E-state index in [0.717, 1.165) is 5.56 Å². The van der Waals surface area contributed by atoms with Gasteiger partial charge in [0.2, 0.25) is 5.91 Å². The summed E-state index contributed by atoms with van der Waals surface area (Å²) in [6, 6.07) is 9.42. The Morgan fingerprint density at radius 2 is 2.00 bits per heavy atom. The first-order valence-electron chi connectivity index (χ1n) is 5.34.